The number of imidazole rings is 1. The van der Waals surface area contributed by atoms with Crippen LogP contribution in [0.5, 0.6) is 0 Å². The van der Waals surface area contributed by atoms with E-state index < -0.39 is 11.6 Å². The highest BCUT2D eigenvalue weighted by Gasteiger charge is 2.23. The van der Waals surface area contributed by atoms with E-state index in [1.807, 2.05) is 4.57 Å². The summed E-state index contributed by atoms with van der Waals surface area (Å²) in [6, 6.07) is 2.25. The number of fused-ring (bicyclic) bond motifs is 1. The molecule has 1 N–H and O–H groups in total. The normalized spacial score (nSPS) is 23.4. The van der Waals surface area contributed by atoms with Gasteiger partial charge in [0.1, 0.15) is 11.3 Å². The Labute approximate surface area is 121 Å². The number of nitrogens with one attached hydrogen (secondary N) is 1. The number of rotatable bonds is 2. The lowest BCUT2D eigenvalue weighted by molar-refractivity contribution is 0.230. The van der Waals surface area contributed by atoms with Crippen LogP contribution in [-0.2, 0) is 6.54 Å². The molecule has 1 aliphatic rings. The molecule has 0 amide bonds. The fourth-order valence-corrected chi connectivity index (χ4v) is 3.54. The summed E-state index contributed by atoms with van der Waals surface area (Å²) in [6.45, 7) is 2.99. The molecule has 1 heterocycles. The summed E-state index contributed by atoms with van der Waals surface area (Å²) in [5.41, 5.74) is 0.838. The summed E-state index contributed by atoms with van der Waals surface area (Å²) in [7, 11) is 0. The van der Waals surface area contributed by atoms with Crippen LogP contribution in [0.4, 0.5) is 8.78 Å². The zero-order valence-electron chi connectivity index (χ0n) is 11.5. The Kier molecular flexibility index (Phi) is 3.63. The maximum absolute atomic E-state index is 13.8. The van der Waals surface area contributed by atoms with E-state index in [2.05, 4.69) is 11.9 Å². The molecule has 5 heteroatoms. The smallest absolute Gasteiger partial charge is 0.178 e. The zero-order chi connectivity index (χ0) is 14.3. The Morgan fingerprint density at radius 3 is 2.80 bits per heavy atom. The van der Waals surface area contributed by atoms with Gasteiger partial charge in [-0.1, -0.05) is 26.2 Å². The Morgan fingerprint density at radius 1 is 1.30 bits per heavy atom. The van der Waals surface area contributed by atoms with Crippen molar-refractivity contribution in [1.29, 1.82) is 0 Å². The molecule has 1 aromatic heterocycles. The number of H-pyrrole nitrogens is 1. The zero-order valence-corrected chi connectivity index (χ0v) is 12.3. The van der Waals surface area contributed by atoms with Gasteiger partial charge in [-0.2, -0.15) is 0 Å². The average Bonchev–Trinajstić information content (AvgIpc) is 2.70. The Balaban J connectivity index is 2.02. The van der Waals surface area contributed by atoms with E-state index >= 15 is 0 Å². The van der Waals surface area contributed by atoms with Gasteiger partial charge in [0.25, 0.3) is 0 Å². The quantitative estimate of drug-likeness (QED) is 0.789. The summed E-state index contributed by atoms with van der Waals surface area (Å²) in [5.74, 6) is 0.0192. The van der Waals surface area contributed by atoms with Gasteiger partial charge in [-0.3, -0.25) is 0 Å². The number of nitrogens with zero attached hydrogens (tertiary/aromatic N) is 1. The SMILES string of the molecule is CC1CCCCC1Cn1c(=S)[nH]c2c(F)cc(F)cc21. The van der Waals surface area contributed by atoms with Gasteiger partial charge in [0.2, 0.25) is 0 Å². The third-order valence-corrected chi connectivity index (χ3v) is 4.83. The highest BCUT2D eigenvalue weighted by molar-refractivity contribution is 7.71. The Morgan fingerprint density at radius 2 is 2.05 bits per heavy atom. The summed E-state index contributed by atoms with van der Waals surface area (Å²) >= 11 is 5.28. The van der Waals surface area contributed by atoms with E-state index in [4.69, 9.17) is 12.2 Å². The molecular formula is C15H18F2N2S. The first-order valence-electron chi connectivity index (χ1n) is 7.14. The van der Waals surface area contributed by atoms with Crippen molar-refractivity contribution < 1.29 is 8.78 Å². The van der Waals surface area contributed by atoms with Crippen LogP contribution in [0.25, 0.3) is 11.0 Å². The molecule has 1 fully saturated rings. The van der Waals surface area contributed by atoms with Crippen LogP contribution in [0, 0.1) is 28.2 Å². The molecule has 0 aliphatic heterocycles. The molecule has 2 unspecified atom stereocenters. The summed E-state index contributed by atoms with van der Waals surface area (Å²) < 4.78 is 29.5. The number of benzene rings is 1. The standard InChI is InChI=1S/C15H18F2N2S/c1-9-4-2-3-5-10(9)8-19-13-7-11(16)6-12(17)14(13)18-15(19)20/h6-7,9-10H,2-5,8H2,1H3,(H,18,20). The van der Waals surface area contributed by atoms with Crippen LogP contribution >= 0.6 is 12.2 Å². The molecule has 108 valence electrons. The number of aromatic nitrogens is 2. The minimum absolute atomic E-state index is 0.305. The molecule has 0 saturated heterocycles. The van der Waals surface area contributed by atoms with E-state index in [1.54, 1.807) is 0 Å². The van der Waals surface area contributed by atoms with Gasteiger partial charge >= 0.3 is 0 Å². The van der Waals surface area contributed by atoms with Gasteiger partial charge in [-0.05, 0) is 36.5 Å². The van der Waals surface area contributed by atoms with Crippen LogP contribution < -0.4 is 0 Å². The molecule has 20 heavy (non-hydrogen) atoms. The highest BCUT2D eigenvalue weighted by Crippen LogP contribution is 2.32. The number of aromatic amines is 1. The van der Waals surface area contributed by atoms with E-state index in [9.17, 15) is 8.78 Å². The highest BCUT2D eigenvalue weighted by atomic mass is 32.1. The average molecular weight is 296 g/mol. The summed E-state index contributed by atoms with van der Waals surface area (Å²) in [5, 5.41) is 0. The first-order chi connectivity index (χ1) is 9.56. The molecule has 1 saturated carbocycles. The first kappa shape index (κ1) is 13.7. The third kappa shape index (κ3) is 2.39. The Hall–Kier alpha value is -1.23. The van der Waals surface area contributed by atoms with Crippen molar-refractivity contribution in [2.24, 2.45) is 11.8 Å². The number of halogens is 2. The largest absolute Gasteiger partial charge is 0.328 e. The molecule has 0 radical (unpaired) electrons. The second-order valence-electron chi connectivity index (χ2n) is 5.84. The van der Waals surface area contributed by atoms with Gasteiger partial charge in [0.05, 0.1) is 5.52 Å². The van der Waals surface area contributed by atoms with Crippen molar-refractivity contribution in [1.82, 2.24) is 9.55 Å². The van der Waals surface area contributed by atoms with Crippen LogP contribution in [0.1, 0.15) is 32.6 Å². The minimum atomic E-state index is -0.582. The lowest BCUT2D eigenvalue weighted by Gasteiger charge is -2.29. The molecule has 0 spiro atoms. The van der Waals surface area contributed by atoms with Crippen LogP contribution in [0.3, 0.4) is 0 Å². The van der Waals surface area contributed by atoms with Gasteiger partial charge in [-0.15, -0.1) is 0 Å². The fraction of sp³-hybridized carbons (Fsp3) is 0.533. The lowest BCUT2D eigenvalue weighted by atomic mass is 9.80. The molecule has 1 aromatic carbocycles. The van der Waals surface area contributed by atoms with Gasteiger partial charge in [0, 0.05) is 12.6 Å². The van der Waals surface area contributed by atoms with Crippen LogP contribution in [0.2, 0.25) is 0 Å². The molecule has 2 nitrogen and oxygen atoms in total. The van der Waals surface area contributed by atoms with E-state index in [-0.39, 0.29) is 0 Å². The fourth-order valence-electron chi connectivity index (χ4n) is 3.26. The van der Waals surface area contributed by atoms with E-state index in [0.29, 0.717) is 27.6 Å². The maximum atomic E-state index is 13.8. The first-order valence-corrected chi connectivity index (χ1v) is 7.54. The molecule has 3 rings (SSSR count). The summed E-state index contributed by atoms with van der Waals surface area (Å²) in [6.07, 6.45) is 4.89. The van der Waals surface area contributed by atoms with E-state index in [0.717, 1.165) is 19.0 Å². The number of hydrogen-bond acceptors (Lipinski definition) is 1. The molecule has 1 aliphatic carbocycles. The van der Waals surface area contributed by atoms with Crippen LogP contribution in [-0.4, -0.2) is 9.55 Å². The second-order valence-corrected chi connectivity index (χ2v) is 6.23. The number of hydrogen-bond donors (Lipinski definition) is 1. The third-order valence-electron chi connectivity index (χ3n) is 4.51. The van der Waals surface area contributed by atoms with Crippen molar-refractivity contribution in [2.45, 2.75) is 39.2 Å². The van der Waals surface area contributed by atoms with E-state index in [1.165, 1.54) is 25.3 Å². The predicted molar refractivity (Wildman–Crippen MR) is 78.2 cm³/mol. The van der Waals surface area contributed by atoms with Gasteiger partial charge in [-0.25, -0.2) is 8.78 Å². The minimum Gasteiger partial charge on any atom is -0.328 e. The Bertz CT molecular complexity index is 689. The van der Waals surface area contributed by atoms with Crippen molar-refractivity contribution in [3.8, 4) is 0 Å². The topological polar surface area (TPSA) is 20.7 Å². The van der Waals surface area contributed by atoms with Crippen LogP contribution in [0.15, 0.2) is 12.1 Å². The van der Waals surface area contributed by atoms with Crippen molar-refractivity contribution in [2.75, 3.05) is 0 Å². The molecule has 2 atom stereocenters. The predicted octanol–water partition coefficient (Wildman–Crippen LogP) is 4.80. The monoisotopic (exact) mass is 296 g/mol. The summed E-state index contributed by atoms with van der Waals surface area (Å²) in [4.78, 5) is 2.86. The molecular weight excluding hydrogens is 278 g/mol. The maximum Gasteiger partial charge on any atom is 0.178 e. The van der Waals surface area contributed by atoms with Crippen molar-refractivity contribution in [3.63, 3.8) is 0 Å². The molecule has 2 aromatic rings. The molecule has 0 bridgehead atoms. The van der Waals surface area contributed by atoms with Crippen molar-refractivity contribution >= 4 is 23.3 Å². The lowest BCUT2D eigenvalue weighted by Crippen LogP contribution is -2.22. The van der Waals surface area contributed by atoms with Gasteiger partial charge in [0.15, 0.2) is 10.6 Å². The second kappa shape index (κ2) is 5.28. The van der Waals surface area contributed by atoms with Crippen molar-refractivity contribution in [3.05, 3.63) is 28.5 Å². The van der Waals surface area contributed by atoms with Gasteiger partial charge < -0.3 is 9.55 Å².